The van der Waals surface area contributed by atoms with E-state index in [0.717, 1.165) is 16.6 Å². The van der Waals surface area contributed by atoms with Gasteiger partial charge in [0.2, 0.25) is 0 Å². The van der Waals surface area contributed by atoms with Crippen molar-refractivity contribution < 1.29 is 0 Å². The Morgan fingerprint density at radius 2 is 1.75 bits per heavy atom. The maximum Gasteiger partial charge on any atom is 0.101 e. The molecule has 16 heavy (non-hydrogen) atoms. The minimum Gasteiger partial charge on any atom is -0.358 e. The average Bonchev–Trinajstić information content (AvgIpc) is 2.74. The summed E-state index contributed by atoms with van der Waals surface area (Å²) in [5.41, 5.74) is 2.74. The van der Waals surface area contributed by atoms with Crippen LogP contribution in [0.3, 0.4) is 0 Å². The fraction of sp³-hybridized carbons (Fsp3) is 0.357. The van der Waals surface area contributed by atoms with Crippen LogP contribution in [0.5, 0.6) is 0 Å². The molecule has 0 aliphatic rings. The number of nitrogens with one attached hydrogen (secondary N) is 1. The molecule has 0 aliphatic carbocycles. The molecule has 1 aromatic carbocycles. The molecule has 0 amide bonds. The Morgan fingerprint density at radius 3 is 2.31 bits per heavy atom. The third-order valence-electron chi connectivity index (χ3n) is 1.91. The molecule has 2 nitrogen and oxygen atoms in total. The second-order valence-electron chi connectivity index (χ2n) is 2.83. The van der Waals surface area contributed by atoms with Crippen molar-refractivity contribution in [1.29, 1.82) is 5.26 Å². The van der Waals surface area contributed by atoms with E-state index < -0.39 is 0 Å². The van der Waals surface area contributed by atoms with Crippen molar-refractivity contribution in [2.24, 2.45) is 0 Å². The van der Waals surface area contributed by atoms with E-state index in [9.17, 15) is 0 Å². The summed E-state index contributed by atoms with van der Waals surface area (Å²) in [5, 5.41) is 9.88. The van der Waals surface area contributed by atoms with Gasteiger partial charge in [-0.1, -0.05) is 39.8 Å². The fourth-order valence-corrected chi connectivity index (χ4v) is 1.39. The molecule has 0 atom stereocenters. The lowest BCUT2D eigenvalue weighted by Gasteiger charge is -1.90. The van der Waals surface area contributed by atoms with E-state index in [1.54, 1.807) is 0 Å². The van der Waals surface area contributed by atoms with Gasteiger partial charge in [-0.15, -0.1) is 0 Å². The number of aryl methyl sites for hydroxylation is 1. The number of nitriles is 1. The van der Waals surface area contributed by atoms with Gasteiger partial charge in [0.15, 0.2) is 0 Å². The van der Waals surface area contributed by atoms with Gasteiger partial charge in [0.1, 0.15) is 6.07 Å². The number of hydrogen-bond acceptors (Lipinski definition) is 1. The maximum absolute atomic E-state index is 8.77. The van der Waals surface area contributed by atoms with Gasteiger partial charge in [0.25, 0.3) is 0 Å². The second-order valence-corrected chi connectivity index (χ2v) is 2.83. The van der Waals surface area contributed by atoms with Gasteiger partial charge in [0, 0.05) is 11.1 Å². The molecule has 86 valence electrons. The van der Waals surface area contributed by atoms with Crippen molar-refractivity contribution in [3.63, 3.8) is 0 Å². The topological polar surface area (TPSA) is 39.6 Å². The Balaban J connectivity index is 0.000000509. The van der Waals surface area contributed by atoms with E-state index in [1.165, 1.54) is 0 Å². The lowest BCUT2D eigenvalue weighted by Crippen LogP contribution is -1.76. The number of aromatic nitrogens is 1. The van der Waals surface area contributed by atoms with Crippen LogP contribution in [0, 0.1) is 18.3 Å². The highest BCUT2D eigenvalue weighted by Crippen LogP contribution is 2.17. The van der Waals surface area contributed by atoms with Crippen LogP contribution in [0.15, 0.2) is 24.3 Å². The van der Waals surface area contributed by atoms with Crippen LogP contribution in [0.25, 0.3) is 10.9 Å². The van der Waals surface area contributed by atoms with Crippen molar-refractivity contribution in [3.8, 4) is 6.07 Å². The van der Waals surface area contributed by atoms with E-state index in [1.807, 2.05) is 58.9 Å². The zero-order chi connectivity index (χ0) is 12.6. The van der Waals surface area contributed by atoms with E-state index in [2.05, 4.69) is 11.1 Å². The molecular weight excluding hydrogens is 196 g/mol. The first-order valence-electron chi connectivity index (χ1n) is 5.79. The summed E-state index contributed by atoms with van der Waals surface area (Å²) < 4.78 is 0. The highest BCUT2D eigenvalue weighted by molar-refractivity contribution is 5.85. The normalized spacial score (nSPS) is 8.25. The summed E-state index contributed by atoms with van der Waals surface area (Å²) >= 11 is 0. The number of benzene rings is 1. The number of fused-ring (bicyclic) bond motifs is 1. The first-order chi connectivity index (χ1) is 7.81. The van der Waals surface area contributed by atoms with Gasteiger partial charge in [0.05, 0.1) is 11.1 Å². The van der Waals surface area contributed by atoms with Crippen molar-refractivity contribution in [3.05, 3.63) is 35.5 Å². The molecule has 0 saturated heterocycles. The highest BCUT2D eigenvalue weighted by atomic mass is 14.7. The molecule has 0 bridgehead atoms. The van der Waals surface area contributed by atoms with E-state index in [-0.39, 0.29) is 0 Å². The van der Waals surface area contributed by atoms with Crippen molar-refractivity contribution in [2.75, 3.05) is 0 Å². The molecule has 1 N–H and O–H groups in total. The first-order valence-corrected chi connectivity index (χ1v) is 5.79. The standard InChI is InChI=1S/C10H8N2.2C2H6/c1-7-5-8-3-2-4-9(6-11)10(8)12-7;2*1-2/h2-5,12H,1H3;2*1-2H3. The zero-order valence-corrected chi connectivity index (χ0v) is 10.8. The number of hydrogen-bond donors (Lipinski definition) is 1. The molecule has 1 aromatic heterocycles. The Labute approximate surface area is 97.9 Å². The van der Waals surface area contributed by atoms with Crippen LogP contribution in [0.1, 0.15) is 39.0 Å². The third-order valence-corrected chi connectivity index (χ3v) is 1.91. The number of nitrogens with zero attached hydrogens (tertiary/aromatic N) is 1. The Bertz CT molecular complexity index is 461. The third kappa shape index (κ3) is 3.13. The number of para-hydroxylation sites is 1. The smallest absolute Gasteiger partial charge is 0.101 e. The summed E-state index contributed by atoms with van der Waals surface area (Å²) in [6.07, 6.45) is 0. The van der Waals surface area contributed by atoms with Crippen molar-refractivity contribution >= 4 is 10.9 Å². The number of aromatic amines is 1. The first kappa shape index (κ1) is 14.2. The van der Waals surface area contributed by atoms with Crippen LogP contribution in [0.2, 0.25) is 0 Å². The lowest BCUT2D eigenvalue weighted by atomic mass is 10.2. The van der Waals surface area contributed by atoms with Gasteiger partial charge in [-0.05, 0) is 19.1 Å². The summed E-state index contributed by atoms with van der Waals surface area (Å²) in [5.74, 6) is 0. The van der Waals surface area contributed by atoms with Crippen LogP contribution in [-0.4, -0.2) is 4.98 Å². The Morgan fingerprint density at radius 1 is 1.12 bits per heavy atom. The molecule has 2 rings (SSSR count). The van der Waals surface area contributed by atoms with Crippen LogP contribution < -0.4 is 0 Å². The zero-order valence-electron chi connectivity index (χ0n) is 10.8. The summed E-state index contributed by atoms with van der Waals surface area (Å²) in [6.45, 7) is 9.99. The fourth-order valence-electron chi connectivity index (χ4n) is 1.39. The van der Waals surface area contributed by atoms with Gasteiger partial charge in [-0.25, -0.2) is 0 Å². The van der Waals surface area contributed by atoms with Crippen molar-refractivity contribution in [2.45, 2.75) is 34.6 Å². The number of rotatable bonds is 0. The average molecular weight is 216 g/mol. The molecular formula is C14H20N2. The van der Waals surface area contributed by atoms with E-state index in [0.29, 0.717) is 5.56 Å². The minimum absolute atomic E-state index is 0.709. The Kier molecular flexibility index (Phi) is 6.71. The molecule has 1 heterocycles. The summed E-state index contributed by atoms with van der Waals surface area (Å²) in [4.78, 5) is 3.16. The molecule has 2 heteroatoms. The maximum atomic E-state index is 8.77. The predicted octanol–water partition coefficient (Wildman–Crippen LogP) is 4.40. The molecule has 2 aromatic rings. The lowest BCUT2D eigenvalue weighted by molar-refractivity contribution is 1.30. The second kappa shape index (κ2) is 7.53. The largest absolute Gasteiger partial charge is 0.358 e. The van der Waals surface area contributed by atoms with Gasteiger partial charge >= 0.3 is 0 Å². The number of H-pyrrole nitrogens is 1. The van der Waals surface area contributed by atoms with Gasteiger partial charge < -0.3 is 4.98 Å². The highest BCUT2D eigenvalue weighted by Gasteiger charge is 2.00. The molecule has 0 radical (unpaired) electrons. The van der Waals surface area contributed by atoms with E-state index >= 15 is 0 Å². The van der Waals surface area contributed by atoms with Crippen LogP contribution in [0.4, 0.5) is 0 Å². The van der Waals surface area contributed by atoms with Gasteiger partial charge in [-0.2, -0.15) is 5.26 Å². The quantitative estimate of drug-likeness (QED) is 0.696. The predicted molar refractivity (Wildman–Crippen MR) is 70.4 cm³/mol. The minimum atomic E-state index is 0.709. The molecule has 0 spiro atoms. The molecule has 0 aliphatic heterocycles. The van der Waals surface area contributed by atoms with Crippen LogP contribution in [-0.2, 0) is 0 Å². The monoisotopic (exact) mass is 216 g/mol. The van der Waals surface area contributed by atoms with E-state index in [4.69, 9.17) is 5.26 Å². The van der Waals surface area contributed by atoms with Crippen LogP contribution >= 0.6 is 0 Å². The summed E-state index contributed by atoms with van der Waals surface area (Å²) in [6, 6.07) is 9.90. The molecule has 0 unspecified atom stereocenters. The molecule has 0 fully saturated rings. The van der Waals surface area contributed by atoms with Gasteiger partial charge in [-0.3, -0.25) is 0 Å². The SMILES string of the molecule is CC.CC.Cc1cc2cccc(C#N)c2[nH]1. The van der Waals surface area contributed by atoms with Crippen molar-refractivity contribution in [1.82, 2.24) is 4.98 Å². The Hall–Kier alpha value is -1.75. The summed E-state index contributed by atoms with van der Waals surface area (Å²) in [7, 11) is 0. The molecule has 0 saturated carbocycles.